The van der Waals surface area contributed by atoms with E-state index in [4.69, 9.17) is 14.3 Å². The Labute approximate surface area is 271 Å². The van der Waals surface area contributed by atoms with Gasteiger partial charge in [0, 0.05) is 72.3 Å². The maximum Gasteiger partial charge on any atom is 0.514 e. The third-order valence-corrected chi connectivity index (χ3v) is 11.3. The maximum absolute atomic E-state index is 12.7. The van der Waals surface area contributed by atoms with Crippen molar-refractivity contribution in [2.75, 3.05) is 7.05 Å². The van der Waals surface area contributed by atoms with Gasteiger partial charge in [0.15, 0.2) is 0 Å². The zero-order chi connectivity index (χ0) is 27.8. The zero-order valence-electron chi connectivity index (χ0n) is 24.1. The summed E-state index contributed by atoms with van der Waals surface area (Å²) in [5, 5.41) is 10.9. The van der Waals surface area contributed by atoms with Crippen LogP contribution in [0.1, 0.15) is 78.1 Å². The van der Waals surface area contributed by atoms with E-state index in [0.717, 1.165) is 43.9 Å². The van der Waals surface area contributed by atoms with E-state index in [9.17, 15) is 14.9 Å². The van der Waals surface area contributed by atoms with Crippen molar-refractivity contribution in [3.8, 4) is 5.75 Å². The van der Waals surface area contributed by atoms with Gasteiger partial charge in [-0.3, -0.25) is 15.0 Å². The third kappa shape index (κ3) is 5.59. The van der Waals surface area contributed by atoms with Crippen LogP contribution in [-0.4, -0.2) is 29.8 Å². The third-order valence-electron chi connectivity index (χ3n) is 11.3. The molecule has 4 aliphatic carbocycles. The SMILES string of the molecule is [CH2-]/C=C/CC1CCC2C3CC[C@@]4(ONC)CC(OC(=O)Oc5ccc([N+](=O)[O-])cc5)CCC4(C)[C@H]3CCC12C.[Pr]. The Bertz CT molecular complexity index is 1100. The Balaban J connectivity index is 0.00000370. The first kappa shape index (κ1) is 31.7. The molecule has 1 radical (unpaired) electrons. The fraction of sp³-hybridized carbons (Fsp3) is 0.677. The molecule has 0 aliphatic heterocycles. The number of fused-ring (bicyclic) bond motifs is 5. The summed E-state index contributed by atoms with van der Waals surface area (Å²) in [6.45, 7) is 8.89. The number of nitro groups is 1. The average molecular weight is 681 g/mol. The van der Waals surface area contributed by atoms with Crippen LogP contribution in [0, 0.1) is 92.8 Å². The maximum atomic E-state index is 12.7. The molecule has 5 rings (SSSR count). The molecule has 4 aliphatic rings. The van der Waals surface area contributed by atoms with Crippen molar-refractivity contribution in [3.05, 3.63) is 53.5 Å². The number of carbonyl (C=O) groups excluding carboxylic acids is 1. The molecule has 8 nitrogen and oxygen atoms in total. The molecule has 9 heteroatoms. The summed E-state index contributed by atoms with van der Waals surface area (Å²) in [4.78, 5) is 29.5. The number of non-ortho nitro benzene ring substituents is 1. The number of hydroxylamine groups is 1. The van der Waals surface area contributed by atoms with Crippen LogP contribution in [0.4, 0.5) is 10.5 Å². The molecule has 0 spiro atoms. The van der Waals surface area contributed by atoms with Gasteiger partial charge in [0.25, 0.3) is 5.69 Å². The first-order valence-electron chi connectivity index (χ1n) is 14.6. The molecule has 0 aromatic heterocycles. The first-order valence-corrected chi connectivity index (χ1v) is 14.6. The van der Waals surface area contributed by atoms with Gasteiger partial charge in [0.1, 0.15) is 11.9 Å². The Morgan fingerprint density at radius 2 is 1.85 bits per heavy atom. The van der Waals surface area contributed by atoms with Crippen LogP contribution in [0.25, 0.3) is 0 Å². The van der Waals surface area contributed by atoms with Crippen LogP contribution in [0.3, 0.4) is 0 Å². The molecular formula is C31H43N2O6Pr-. The Hall–Kier alpha value is -1.22. The van der Waals surface area contributed by atoms with Gasteiger partial charge in [-0.05, 0) is 86.2 Å². The molecule has 1 aromatic carbocycles. The minimum absolute atomic E-state index is 0. The van der Waals surface area contributed by atoms with Gasteiger partial charge in [0.2, 0.25) is 0 Å². The van der Waals surface area contributed by atoms with E-state index in [2.05, 4.69) is 32.3 Å². The molecule has 4 fully saturated rings. The van der Waals surface area contributed by atoms with Crippen molar-refractivity contribution in [2.45, 2.75) is 89.8 Å². The second kappa shape index (κ2) is 12.6. The number of hydrogen-bond acceptors (Lipinski definition) is 7. The number of carbonyl (C=O) groups is 1. The molecule has 0 bridgehead atoms. The van der Waals surface area contributed by atoms with Gasteiger partial charge >= 0.3 is 6.16 Å². The van der Waals surface area contributed by atoms with Crippen LogP contribution in [-0.2, 0) is 9.57 Å². The molecule has 1 N–H and O–H groups in total. The molecule has 0 saturated heterocycles. The minimum atomic E-state index is -0.785. The molecule has 8 atom stereocenters. The standard InChI is InChI=1S/C31H43N2O6.Pr/c1-5-6-7-21-8-13-26-25-15-19-31(39-32-4)20-24(14-18-30(31,3)27(25)16-17-29(21,26)2)38-28(34)37-23-11-9-22(10-12-23)33(35)36;/h5-6,9-12,21,24-27,32H,1,7-8,13-20H2,2-4H3;/q-1;/b6-5+;/t21?,24?,25?,26?,27-,29?,30?,31+;/m0./s1. The first-order chi connectivity index (χ1) is 18.7. The van der Waals surface area contributed by atoms with Crippen molar-refractivity contribution in [1.82, 2.24) is 5.48 Å². The summed E-state index contributed by atoms with van der Waals surface area (Å²) in [7, 11) is 1.82. The van der Waals surface area contributed by atoms with E-state index in [1.807, 2.05) is 13.1 Å². The van der Waals surface area contributed by atoms with Gasteiger partial charge in [0.05, 0.1) is 10.5 Å². The Morgan fingerprint density at radius 3 is 2.52 bits per heavy atom. The predicted octanol–water partition coefficient (Wildman–Crippen LogP) is 7.19. The van der Waals surface area contributed by atoms with Gasteiger partial charge < -0.3 is 9.47 Å². The van der Waals surface area contributed by atoms with Crippen LogP contribution in [0.15, 0.2) is 36.4 Å². The molecule has 0 amide bonds. The fourth-order valence-electron chi connectivity index (χ4n) is 9.34. The van der Waals surface area contributed by atoms with Crippen molar-refractivity contribution >= 4 is 11.8 Å². The fourth-order valence-corrected chi connectivity index (χ4v) is 9.34. The topological polar surface area (TPSA) is 99.9 Å². The Kier molecular flexibility index (Phi) is 9.96. The van der Waals surface area contributed by atoms with Crippen molar-refractivity contribution in [3.63, 3.8) is 0 Å². The van der Waals surface area contributed by atoms with Gasteiger partial charge in [-0.25, -0.2) is 29.4 Å². The number of ether oxygens (including phenoxy) is 2. The van der Waals surface area contributed by atoms with Crippen molar-refractivity contribution < 1.29 is 65.3 Å². The summed E-state index contributed by atoms with van der Waals surface area (Å²) < 4.78 is 11.1. The quantitative estimate of drug-likeness (QED) is 0.107. The smallest absolute Gasteiger partial charge is 0.431 e. The second-order valence-corrected chi connectivity index (χ2v) is 12.7. The van der Waals surface area contributed by atoms with Gasteiger partial charge in [-0.2, -0.15) is 0 Å². The number of hydrogen-bond donors (Lipinski definition) is 1. The monoisotopic (exact) mass is 680 g/mol. The summed E-state index contributed by atoms with van der Waals surface area (Å²) in [6, 6.07) is 5.43. The van der Waals surface area contributed by atoms with Crippen molar-refractivity contribution in [2.24, 2.45) is 34.5 Å². The number of allylic oxidation sites excluding steroid dienone is 2. The minimum Gasteiger partial charge on any atom is -0.431 e. The molecule has 0 heterocycles. The average Bonchev–Trinajstić information content (AvgIpc) is 3.24. The molecule has 6 unspecified atom stereocenters. The predicted molar refractivity (Wildman–Crippen MR) is 148 cm³/mol. The number of nitrogens with one attached hydrogen (secondary N) is 1. The number of rotatable bonds is 7. The van der Waals surface area contributed by atoms with E-state index in [-0.39, 0.29) is 64.2 Å². The zero-order valence-corrected chi connectivity index (χ0v) is 27.8. The van der Waals surface area contributed by atoms with Crippen molar-refractivity contribution in [1.29, 1.82) is 0 Å². The molecule has 1 aromatic rings. The number of nitro benzene ring substituents is 1. The van der Waals surface area contributed by atoms with E-state index in [0.29, 0.717) is 23.7 Å². The van der Waals surface area contributed by atoms with E-state index in [1.54, 1.807) is 0 Å². The summed E-state index contributed by atoms with van der Waals surface area (Å²) in [5.74, 6) is 3.03. The summed E-state index contributed by atoms with van der Waals surface area (Å²) >= 11 is 0. The van der Waals surface area contributed by atoms with Crippen LogP contribution >= 0.6 is 0 Å². The van der Waals surface area contributed by atoms with E-state index >= 15 is 0 Å². The van der Waals surface area contributed by atoms with Crippen LogP contribution in [0.5, 0.6) is 5.75 Å². The largest absolute Gasteiger partial charge is 0.514 e. The van der Waals surface area contributed by atoms with Crippen LogP contribution < -0.4 is 10.2 Å². The number of benzene rings is 1. The Morgan fingerprint density at radius 1 is 1.10 bits per heavy atom. The van der Waals surface area contributed by atoms with Gasteiger partial charge in [-0.1, -0.05) is 26.7 Å². The summed E-state index contributed by atoms with van der Waals surface area (Å²) in [5.41, 5.74) is 2.94. The van der Waals surface area contributed by atoms with Crippen LogP contribution in [0.2, 0.25) is 0 Å². The molecule has 40 heavy (non-hydrogen) atoms. The van der Waals surface area contributed by atoms with E-state index < -0.39 is 16.7 Å². The molecular weight excluding hydrogens is 637 g/mol. The van der Waals surface area contributed by atoms with E-state index in [1.165, 1.54) is 49.9 Å². The number of nitrogens with zero attached hydrogens (tertiary/aromatic N) is 1. The second-order valence-electron chi connectivity index (χ2n) is 12.7. The molecule has 4 saturated carbocycles. The normalized spacial score (nSPS) is 38.4. The molecule has 217 valence electrons. The van der Waals surface area contributed by atoms with Gasteiger partial charge in [-0.15, -0.1) is 0 Å². The summed E-state index contributed by atoms with van der Waals surface area (Å²) in [6.07, 6.45) is 13.8.